The third-order valence-corrected chi connectivity index (χ3v) is 3.97. The lowest BCUT2D eigenvalue weighted by atomic mass is 10.1. The molecule has 1 saturated heterocycles. The van der Waals surface area contributed by atoms with Crippen LogP contribution in [0.25, 0.3) is 0 Å². The lowest BCUT2D eigenvalue weighted by molar-refractivity contribution is 0.113. The first-order valence-electron chi connectivity index (χ1n) is 7.09. The summed E-state index contributed by atoms with van der Waals surface area (Å²) in [5.41, 5.74) is 0.136. The van der Waals surface area contributed by atoms with Crippen molar-refractivity contribution in [3.05, 3.63) is 21.7 Å². The molecule has 2 heterocycles. The average molecular weight is 280 g/mol. The van der Waals surface area contributed by atoms with Gasteiger partial charge in [0.05, 0.1) is 5.56 Å². The average Bonchev–Trinajstić information content (AvgIpc) is 2.32. The number of hydrogen-bond donors (Lipinski definition) is 2. The predicted molar refractivity (Wildman–Crippen MR) is 78.2 cm³/mol. The third kappa shape index (κ3) is 3.19. The Morgan fingerprint density at radius 2 is 2.10 bits per heavy atom. The predicted octanol–water partition coefficient (Wildman–Crippen LogP) is 0.387. The Labute approximate surface area is 119 Å². The van der Waals surface area contributed by atoms with E-state index in [0.717, 1.165) is 19.6 Å². The highest BCUT2D eigenvalue weighted by molar-refractivity contribution is 5.25. The molecule has 2 rings (SSSR count). The van der Waals surface area contributed by atoms with Crippen molar-refractivity contribution >= 4 is 0 Å². The summed E-state index contributed by atoms with van der Waals surface area (Å²) in [4.78, 5) is 23.5. The summed E-state index contributed by atoms with van der Waals surface area (Å²) >= 11 is 0. The van der Waals surface area contributed by atoms with E-state index in [1.807, 2.05) is 13.8 Å². The van der Waals surface area contributed by atoms with Gasteiger partial charge in [-0.3, -0.25) is 4.79 Å². The van der Waals surface area contributed by atoms with E-state index in [2.05, 4.69) is 33.9 Å². The molecule has 6 nitrogen and oxygen atoms in total. The molecule has 0 spiro atoms. The highest BCUT2D eigenvalue weighted by atomic mass is 16.3. The fraction of sp³-hybridized carbons (Fsp3) is 0.714. The second-order valence-corrected chi connectivity index (χ2v) is 6.01. The molecule has 0 radical (unpaired) electrons. The molecule has 112 valence electrons. The number of nitrogens with zero attached hydrogens (tertiary/aromatic N) is 3. The normalized spacial score (nSPS) is 21.6. The molecule has 1 aromatic heterocycles. The van der Waals surface area contributed by atoms with Gasteiger partial charge in [-0.25, -0.2) is 0 Å². The minimum Gasteiger partial charge on any atom is -0.493 e. The van der Waals surface area contributed by atoms with Crippen molar-refractivity contribution in [1.82, 2.24) is 19.8 Å². The van der Waals surface area contributed by atoms with Gasteiger partial charge in [-0.1, -0.05) is 13.8 Å². The molecule has 1 fully saturated rings. The summed E-state index contributed by atoms with van der Waals surface area (Å²) in [7, 11) is 4.17. The standard InChI is InChI=1S/C14H24N4O2/c1-9(2)12-13(19)15-11(16-14(12)20)7-10-8-17(3)5-6-18(10)4/h9-10H,5-8H2,1-4H3,(H2,15,16,19,20). The number of aromatic amines is 1. The van der Waals surface area contributed by atoms with E-state index in [0.29, 0.717) is 23.9 Å². The molecule has 1 aliphatic rings. The topological polar surface area (TPSA) is 72.5 Å². The zero-order chi connectivity index (χ0) is 14.9. The second kappa shape index (κ2) is 5.93. The maximum atomic E-state index is 12.0. The quantitative estimate of drug-likeness (QED) is 0.838. The van der Waals surface area contributed by atoms with Crippen LogP contribution in [0.4, 0.5) is 0 Å². The van der Waals surface area contributed by atoms with Gasteiger partial charge in [-0.15, -0.1) is 0 Å². The Kier molecular flexibility index (Phi) is 4.45. The minimum absolute atomic E-state index is 0.0382. The molecule has 0 bridgehead atoms. The van der Waals surface area contributed by atoms with Crippen LogP contribution < -0.4 is 5.56 Å². The Balaban J connectivity index is 2.20. The molecule has 0 aliphatic carbocycles. The van der Waals surface area contributed by atoms with Crippen LogP contribution in [0, 0.1) is 0 Å². The van der Waals surface area contributed by atoms with Gasteiger partial charge < -0.3 is 19.9 Å². The van der Waals surface area contributed by atoms with Crippen molar-refractivity contribution < 1.29 is 5.11 Å². The van der Waals surface area contributed by atoms with Gasteiger partial charge in [-0.2, -0.15) is 4.98 Å². The molecule has 20 heavy (non-hydrogen) atoms. The summed E-state index contributed by atoms with van der Waals surface area (Å²) in [5, 5.41) is 9.93. The highest BCUT2D eigenvalue weighted by Crippen LogP contribution is 2.19. The van der Waals surface area contributed by atoms with E-state index in [4.69, 9.17) is 0 Å². The number of hydrogen-bond acceptors (Lipinski definition) is 5. The number of aromatic hydroxyl groups is 1. The summed E-state index contributed by atoms with van der Waals surface area (Å²) in [5.74, 6) is 0.387. The van der Waals surface area contributed by atoms with Gasteiger partial charge in [-0.05, 0) is 20.0 Å². The Hall–Kier alpha value is -1.40. The monoisotopic (exact) mass is 280 g/mol. The van der Waals surface area contributed by atoms with Gasteiger partial charge in [0.2, 0.25) is 5.88 Å². The van der Waals surface area contributed by atoms with Gasteiger partial charge in [0, 0.05) is 32.1 Å². The van der Waals surface area contributed by atoms with Gasteiger partial charge in [0.15, 0.2) is 0 Å². The van der Waals surface area contributed by atoms with Gasteiger partial charge >= 0.3 is 0 Å². The molecule has 1 aromatic rings. The lowest BCUT2D eigenvalue weighted by Crippen LogP contribution is -2.51. The summed E-state index contributed by atoms with van der Waals surface area (Å²) in [6.45, 7) is 6.73. The first-order valence-corrected chi connectivity index (χ1v) is 7.09. The molecule has 6 heteroatoms. The van der Waals surface area contributed by atoms with Crippen LogP contribution in [-0.2, 0) is 6.42 Å². The zero-order valence-electron chi connectivity index (χ0n) is 12.7. The third-order valence-electron chi connectivity index (χ3n) is 3.97. The summed E-state index contributed by atoms with van der Waals surface area (Å²) < 4.78 is 0. The van der Waals surface area contributed by atoms with Crippen LogP contribution in [0.5, 0.6) is 5.88 Å². The maximum absolute atomic E-state index is 12.0. The molecule has 1 aliphatic heterocycles. The largest absolute Gasteiger partial charge is 0.493 e. The van der Waals surface area contributed by atoms with E-state index in [1.54, 1.807) is 0 Å². The SMILES string of the molecule is CC(C)c1c(O)nc(CC2CN(C)CCN2C)[nH]c1=O. The summed E-state index contributed by atoms with van der Waals surface area (Å²) in [6, 6.07) is 0.307. The van der Waals surface area contributed by atoms with E-state index in [-0.39, 0.29) is 17.4 Å². The molecule has 2 N–H and O–H groups in total. The Bertz CT molecular complexity index is 526. The van der Waals surface area contributed by atoms with Crippen LogP contribution in [0.1, 0.15) is 31.2 Å². The van der Waals surface area contributed by atoms with Crippen molar-refractivity contribution in [3.8, 4) is 5.88 Å². The van der Waals surface area contributed by atoms with Crippen LogP contribution >= 0.6 is 0 Å². The first kappa shape index (κ1) is 15.0. The fourth-order valence-corrected chi connectivity index (χ4v) is 2.68. The lowest BCUT2D eigenvalue weighted by Gasteiger charge is -2.37. The van der Waals surface area contributed by atoms with Crippen LogP contribution in [0.2, 0.25) is 0 Å². The van der Waals surface area contributed by atoms with E-state index < -0.39 is 0 Å². The number of likely N-dealkylation sites (N-methyl/N-ethyl adjacent to an activating group) is 2. The smallest absolute Gasteiger partial charge is 0.258 e. The van der Waals surface area contributed by atoms with Crippen LogP contribution in [-0.4, -0.2) is 64.6 Å². The zero-order valence-corrected chi connectivity index (χ0v) is 12.7. The molecule has 0 saturated carbocycles. The number of nitrogens with one attached hydrogen (secondary N) is 1. The van der Waals surface area contributed by atoms with Crippen LogP contribution in [0.15, 0.2) is 4.79 Å². The number of H-pyrrole nitrogens is 1. The first-order chi connectivity index (χ1) is 9.38. The Morgan fingerprint density at radius 3 is 2.70 bits per heavy atom. The molecule has 1 atom stereocenters. The second-order valence-electron chi connectivity index (χ2n) is 6.01. The van der Waals surface area contributed by atoms with E-state index in [1.165, 1.54) is 0 Å². The van der Waals surface area contributed by atoms with E-state index in [9.17, 15) is 9.90 Å². The van der Waals surface area contributed by atoms with Crippen molar-refractivity contribution in [2.45, 2.75) is 32.2 Å². The molecule has 0 amide bonds. The van der Waals surface area contributed by atoms with Crippen molar-refractivity contribution in [2.24, 2.45) is 0 Å². The molecule has 0 aromatic carbocycles. The number of piperazine rings is 1. The van der Waals surface area contributed by atoms with Gasteiger partial charge in [0.25, 0.3) is 5.56 Å². The van der Waals surface area contributed by atoms with Crippen molar-refractivity contribution in [3.63, 3.8) is 0 Å². The number of aromatic nitrogens is 2. The fourth-order valence-electron chi connectivity index (χ4n) is 2.68. The minimum atomic E-state index is -0.227. The van der Waals surface area contributed by atoms with Crippen molar-refractivity contribution in [2.75, 3.05) is 33.7 Å². The van der Waals surface area contributed by atoms with Crippen LogP contribution in [0.3, 0.4) is 0 Å². The number of rotatable bonds is 3. The molecule has 1 unspecified atom stereocenters. The highest BCUT2D eigenvalue weighted by Gasteiger charge is 2.24. The Morgan fingerprint density at radius 1 is 1.40 bits per heavy atom. The maximum Gasteiger partial charge on any atom is 0.258 e. The van der Waals surface area contributed by atoms with Gasteiger partial charge in [0.1, 0.15) is 5.82 Å². The van der Waals surface area contributed by atoms with E-state index >= 15 is 0 Å². The molecular formula is C14H24N4O2. The molecular weight excluding hydrogens is 256 g/mol. The summed E-state index contributed by atoms with van der Waals surface area (Å²) in [6.07, 6.45) is 0.641. The van der Waals surface area contributed by atoms with Crippen molar-refractivity contribution in [1.29, 1.82) is 0 Å².